The fourth-order valence-electron chi connectivity index (χ4n) is 3.59. The Kier molecular flexibility index (Phi) is 4.15. The first-order valence-electron chi connectivity index (χ1n) is 7.86. The minimum atomic E-state index is 0.240. The van der Waals surface area contributed by atoms with E-state index in [4.69, 9.17) is 4.52 Å². The van der Waals surface area contributed by atoms with Gasteiger partial charge in [0.15, 0.2) is 5.82 Å². The van der Waals surface area contributed by atoms with Crippen molar-refractivity contribution >= 4 is 5.78 Å². The minimum absolute atomic E-state index is 0.240. The fraction of sp³-hybridized carbons (Fsp3) is 0.800. The van der Waals surface area contributed by atoms with Crippen LogP contribution in [-0.4, -0.2) is 33.4 Å². The van der Waals surface area contributed by atoms with Crippen LogP contribution in [0.4, 0.5) is 0 Å². The molecule has 1 saturated heterocycles. The highest BCUT2D eigenvalue weighted by atomic mass is 16.5. The van der Waals surface area contributed by atoms with Crippen molar-refractivity contribution in [1.82, 2.24) is 15.0 Å². The number of hydrogen-bond donors (Lipinski definition) is 0. The Morgan fingerprint density at radius 2 is 2.20 bits per heavy atom. The molecule has 2 fully saturated rings. The lowest BCUT2D eigenvalue weighted by Crippen LogP contribution is -2.44. The average molecular weight is 277 g/mol. The number of aromatic nitrogens is 2. The van der Waals surface area contributed by atoms with Crippen LogP contribution in [0.15, 0.2) is 4.52 Å². The molecule has 0 bridgehead atoms. The smallest absolute Gasteiger partial charge is 0.240 e. The number of carbonyl (C=O) groups is 1. The van der Waals surface area contributed by atoms with Crippen LogP contribution < -0.4 is 0 Å². The van der Waals surface area contributed by atoms with E-state index in [0.29, 0.717) is 24.3 Å². The maximum atomic E-state index is 12.0. The lowest BCUT2D eigenvalue weighted by Gasteiger charge is -2.37. The molecule has 0 radical (unpaired) electrons. The molecule has 2 aliphatic rings. The molecule has 1 saturated carbocycles. The predicted octanol–water partition coefficient (Wildman–Crippen LogP) is 2.36. The molecule has 2 atom stereocenters. The van der Waals surface area contributed by atoms with Crippen LogP contribution in [0.5, 0.6) is 0 Å². The molecule has 1 aliphatic carbocycles. The van der Waals surface area contributed by atoms with E-state index in [-0.39, 0.29) is 5.92 Å². The Labute approximate surface area is 119 Å². The second kappa shape index (κ2) is 6.04. The summed E-state index contributed by atoms with van der Waals surface area (Å²) in [5.74, 6) is 2.16. The Bertz CT molecular complexity index is 471. The molecule has 1 aromatic heterocycles. The standard InChI is InChI=1S/C15H23N3O2/c1-2-14-16-15(20-17-14)10-18-9-4-3-7-12(18)11-6-5-8-13(11)19/h11-12H,2-10H2,1H3. The monoisotopic (exact) mass is 277 g/mol. The van der Waals surface area contributed by atoms with Crippen LogP contribution in [0, 0.1) is 5.92 Å². The topological polar surface area (TPSA) is 59.2 Å². The molecule has 5 heteroatoms. The quantitative estimate of drug-likeness (QED) is 0.845. The number of Topliss-reactive ketones (excluding diaryl/α,β-unsaturated/α-hetero) is 1. The van der Waals surface area contributed by atoms with Crippen molar-refractivity contribution in [1.29, 1.82) is 0 Å². The number of ketones is 1. The van der Waals surface area contributed by atoms with Gasteiger partial charge in [-0.05, 0) is 32.2 Å². The lowest BCUT2D eigenvalue weighted by molar-refractivity contribution is -0.123. The first-order valence-corrected chi connectivity index (χ1v) is 7.86. The van der Waals surface area contributed by atoms with E-state index in [0.717, 1.165) is 44.5 Å². The molecule has 1 aromatic rings. The first-order chi connectivity index (χ1) is 9.78. The predicted molar refractivity (Wildman–Crippen MR) is 74.1 cm³/mol. The third-order valence-corrected chi connectivity index (χ3v) is 4.65. The SMILES string of the molecule is CCc1noc(CN2CCCCC2C2CCCC2=O)n1. The molecular weight excluding hydrogens is 254 g/mol. The summed E-state index contributed by atoms with van der Waals surface area (Å²) in [6.07, 6.45) is 7.26. The van der Waals surface area contributed by atoms with E-state index in [9.17, 15) is 4.79 Å². The average Bonchev–Trinajstić information content (AvgIpc) is 3.08. The van der Waals surface area contributed by atoms with Crippen molar-refractivity contribution in [3.63, 3.8) is 0 Å². The van der Waals surface area contributed by atoms with E-state index < -0.39 is 0 Å². The summed E-state index contributed by atoms with van der Waals surface area (Å²) in [6.45, 7) is 3.76. The first kappa shape index (κ1) is 13.7. The number of carbonyl (C=O) groups excluding carboxylic acids is 1. The zero-order valence-electron chi connectivity index (χ0n) is 12.2. The zero-order valence-corrected chi connectivity index (χ0v) is 12.2. The van der Waals surface area contributed by atoms with Gasteiger partial charge in [-0.2, -0.15) is 4.98 Å². The van der Waals surface area contributed by atoms with E-state index in [1.807, 2.05) is 6.92 Å². The maximum Gasteiger partial charge on any atom is 0.240 e. The van der Waals surface area contributed by atoms with Crippen LogP contribution in [0.2, 0.25) is 0 Å². The van der Waals surface area contributed by atoms with Gasteiger partial charge in [0, 0.05) is 24.8 Å². The van der Waals surface area contributed by atoms with Gasteiger partial charge in [-0.1, -0.05) is 18.5 Å². The number of piperidine rings is 1. The summed E-state index contributed by atoms with van der Waals surface area (Å²) in [5.41, 5.74) is 0. The highest BCUT2D eigenvalue weighted by Gasteiger charge is 2.37. The Morgan fingerprint density at radius 3 is 2.90 bits per heavy atom. The second-order valence-corrected chi connectivity index (χ2v) is 5.96. The molecule has 2 unspecified atom stereocenters. The van der Waals surface area contributed by atoms with Gasteiger partial charge in [-0.25, -0.2) is 0 Å². The fourth-order valence-corrected chi connectivity index (χ4v) is 3.59. The molecule has 5 nitrogen and oxygen atoms in total. The molecule has 20 heavy (non-hydrogen) atoms. The van der Waals surface area contributed by atoms with Crippen LogP contribution >= 0.6 is 0 Å². The molecule has 0 amide bonds. The maximum absolute atomic E-state index is 12.0. The normalized spacial score (nSPS) is 28.1. The van der Waals surface area contributed by atoms with Crippen LogP contribution in [-0.2, 0) is 17.8 Å². The van der Waals surface area contributed by atoms with Gasteiger partial charge in [0.1, 0.15) is 5.78 Å². The van der Waals surface area contributed by atoms with Gasteiger partial charge < -0.3 is 4.52 Å². The van der Waals surface area contributed by atoms with Crippen molar-refractivity contribution in [3.05, 3.63) is 11.7 Å². The molecule has 110 valence electrons. The number of likely N-dealkylation sites (tertiary alicyclic amines) is 1. The highest BCUT2D eigenvalue weighted by molar-refractivity contribution is 5.83. The van der Waals surface area contributed by atoms with Crippen LogP contribution in [0.1, 0.15) is 57.2 Å². The molecule has 0 aromatic carbocycles. The molecule has 3 rings (SSSR count). The Hall–Kier alpha value is -1.23. The molecule has 0 N–H and O–H groups in total. The molecule has 2 heterocycles. The van der Waals surface area contributed by atoms with Crippen molar-refractivity contribution < 1.29 is 9.32 Å². The highest BCUT2D eigenvalue weighted by Crippen LogP contribution is 2.33. The largest absolute Gasteiger partial charge is 0.338 e. The van der Waals surface area contributed by atoms with Crippen LogP contribution in [0.3, 0.4) is 0 Å². The van der Waals surface area contributed by atoms with Gasteiger partial charge >= 0.3 is 0 Å². The Morgan fingerprint density at radius 1 is 1.30 bits per heavy atom. The van der Waals surface area contributed by atoms with Gasteiger partial charge in [-0.15, -0.1) is 0 Å². The van der Waals surface area contributed by atoms with Crippen molar-refractivity contribution in [2.45, 2.75) is 64.5 Å². The summed E-state index contributed by atoms with van der Waals surface area (Å²) in [4.78, 5) is 18.8. The summed E-state index contributed by atoms with van der Waals surface area (Å²) >= 11 is 0. The van der Waals surface area contributed by atoms with Gasteiger partial charge in [0.25, 0.3) is 0 Å². The molecular formula is C15H23N3O2. The second-order valence-electron chi connectivity index (χ2n) is 5.96. The number of hydrogen-bond acceptors (Lipinski definition) is 5. The van der Waals surface area contributed by atoms with Gasteiger partial charge in [0.05, 0.1) is 6.54 Å². The molecule has 1 aliphatic heterocycles. The van der Waals surface area contributed by atoms with Crippen molar-refractivity contribution in [2.75, 3.05) is 6.54 Å². The molecule has 0 spiro atoms. The number of aryl methyl sites for hydroxylation is 1. The summed E-state index contributed by atoms with van der Waals surface area (Å²) in [5, 5.41) is 3.96. The number of nitrogens with zero attached hydrogens (tertiary/aromatic N) is 3. The minimum Gasteiger partial charge on any atom is -0.338 e. The summed E-state index contributed by atoms with van der Waals surface area (Å²) in [7, 11) is 0. The van der Waals surface area contributed by atoms with E-state index in [2.05, 4.69) is 15.0 Å². The Balaban J connectivity index is 1.70. The summed E-state index contributed by atoms with van der Waals surface area (Å²) in [6, 6.07) is 0.385. The van der Waals surface area contributed by atoms with E-state index in [1.165, 1.54) is 12.8 Å². The summed E-state index contributed by atoms with van der Waals surface area (Å²) < 4.78 is 5.31. The van der Waals surface area contributed by atoms with E-state index >= 15 is 0 Å². The van der Waals surface area contributed by atoms with Crippen molar-refractivity contribution in [2.24, 2.45) is 5.92 Å². The lowest BCUT2D eigenvalue weighted by atomic mass is 9.88. The van der Waals surface area contributed by atoms with Crippen molar-refractivity contribution in [3.8, 4) is 0 Å². The van der Waals surface area contributed by atoms with Crippen LogP contribution in [0.25, 0.3) is 0 Å². The zero-order chi connectivity index (χ0) is 13.9. The third kappa shape index (κ3) is 2.77. The van der Waals surface area contributed by atoms with E-state index in [1.54, 1.807) is 0 Å². The number of rotatable bonds is 4. The van der Waals surface area contributed by atoms with Gasteiger partial charge in [0.2, 0.25) is 5.89 Å². The van der Waals surface area contributed by atoms with Gasteiger partial charge in [-0.3, -0.25) is 9.69 Å². The third-order valence-electron chi connectivity index (χ3n) is 4.65.